The van der Waals surface area contributed by atoms with E-state index in [9.17, 15) is 10.1 Å². The van der Waals surface area contributed by atoms with Crippen LogP contribution in [0.3, 0.4) is 0 Å². The van der Waals surface area contributed by atoms with Gasteiger partial charge in [-0.3, -0.25) is 10.2 Å². The summed E-state index contributed by atoms with van der Waals surface area (Å²) in [6.07, 6.45) is 1.34. The Kier molecular flexibility index (Phi) is 7.31. The van der Waals surface area contributed by atoms with Gasteiger partial charge in [0.2, 0.25) is 0 Å². The molecule has 4 aromatic rings. The zero-order valence-electron chi connectivity index (χ0n) is 24.2. The fourth-order valence-corrected chi connectivity index (χ4v) is 7.36. The van der Waals surface area contributed by atoms with Gasteiger partial charge in [0.15, 0.2) is 5.82 Å². The number of halogens is 3. The molecule has 43 heavy (non-hydrogen) atoms. The van der Waals surface area contributed by atoms with Crippen LogP contribution in [0.5, 0.6) is 6.01 Å². The molecule has 2 atom stereocenters. The van der Waals surface area contributed by atoms with Gasteiger partial charge in [-0.25, -0.2) is 13.6 Å². The van der Waals surface area contributed by atoms with Crippen LogP contribution in [-0.2, 0) is 4.74 Å². The number of piperazine rings is 1. The third-order valence-corrected chi connectivity index (χ3v) is 9.37. The molecule has 0 spiro atoms. The molecule has 2 bridgehead atoms. The number of amides is 1. The van der Waals surface area contributed by atoms with E-state index < -0.39 is 23.3 Å². The fourth-order valence-electron chi connectivity index (χ4n) is 6.00. The number of benzene rings is 2. The number of thiophene rings is 1. The van der Waals surface area contributed by atoms with Crippen molar-refractivity contribution in [2.24, 2.45) is 0 Å². The van der Waals surface area contributed by atoms with Crippen molar-refractivity contribution in [1.29, 1.82) is 5.26 Å². The Morgan fingerprint density at radius 2 is 1.91 bits per heavy atom. The molecule has 2 saturated heterocycles. The van der Waals surface area contributed by atoms with Gasteiger partial charge in [-0.15, -0.1) is 11.3 Å². The normalized spacial score (nSPS) is 18.7. The summed E-state index contributed by atoms with van der Waals surface area (Å²) in [4.78, 5) is 26.0. The van der Waals surface area contributed by atoms with Crippen molar-refractivity contribution in [1.82, 2.24) is 14.9 Å². The zero-order chi connectivity index (χ0) is 30.8. The number of carbonyl (C=O) groups excluding carboxylic acids is 1. The molecule has 0 saturated carbocycles. The smallest absolute Gasteiger partial charge is 0.412 e. The second-order valence-corrected chi connectivity index (χ2v) is 13.2. The molecule has 1 amide bonds. The third-order valence-electron chi connectivity index (χ3n) is 7.96. The lowest BCUT2D eigenvalue weighted by Gasteiger charge is -2.39. The highest BCUT2D eigenvalue weighted by molar-refractivity contribution is 7.23. The minimum atomic E-state index is -0.805. The summed E-state index contributed by atoms with van der Waals surface area (Å²) in [6, 6.07) is 6.91. The molecule has 6 rings (SSSR count). The lowest BCUT2D eigenvalue weighted by molar-refractivity contribution is 0.0636. The molecular weight excluding hydrogens is 598 g/mol. The van der Waals surface area contributed by atoms with Gasteiger partial charge in [0, 0.05) is 41.5 Å². The van der Waals surface area contributed by atoms with Crippen LogP contribution in [0, 0.1) is 23.0 Å². The topological polar surface area (TPSA) is 104 Å². The summed E-state index contributed by atoms with van der Waals surface area (Å²) >= 11 is 7.66. The van der Waals surface area contributed by atoms with Crippen LogP contribution in [0.25, 0.3) is 32.1 Å². The Balaban J connectivity index is 1.52. The van der Waals surface area contributed by atoms with E-state index in [-0.39, 0.29) is 48.3 Å². The molecule has 2 unspecified atom stereocenters. The van der Waals surface area contributed by atoms with E-state index in [0.29, 0.717) is 23.3 Å². The van der Waals surface area contributed by atoms with Crippen LogP contribution in [0.1, 0.15) is 39.2 Å². The first-order chi connectivity index (χ1) is 20.4. The maximum atomic E-state index is 16.7. The molecule has 4 heterocycles. The lowest BCUT2D eigenvalue weighted by atomic mass is 9.97. The molecule has 0 aliphatic carbocycles. The Morgan fingerprint density at radius 1 is 1.21 bits per heavy atom. The number of hydrogen-bond donors (Lipinski definition) is 1. The van der Waals surface area contributed by atoms with Crippen molar-refractivity contribution >= 4 is 60.8 Å². The first-order valence-corrected chi connectivity index (χ1v) is 15.0. The monoisotopic (exact) mass is 626 g/mol. The van der Waals surface area contributed by atoms with E-state index in [1.807, 2.05) is 6.07 Å². The molecule has 2 aromatic carbocycles. The highest BCUT2D eigenvalue weighted by Crippen LogP contribution is 2.47. The molecular formula is C30H29ClF2N6O3S. The summed E-state index contributed by atoms with van der Waals surface area (Å²) in [5.41, 5.74) is -0.710. The maximum absolute atomic E-state index is 16.7. The molecule has 1 N–H and O–H groups in total. The van der Waals surface area contributed by atoms with Gasteiger partial charge in [-0.2, -0.15) is 15.2 Å². The molecule has 2 fully saturated rings. The van der Waals surface area contributed by atoms with E-state index >= 15 is 8.78 Å². The van der Waals surface area contributed by atoms with Crippen LogP contribution in [0.2, 0.25) is 5.02 Å². The van der Waals surface area contributed by atoms with Crippen LogP contribution < -0.4 is 15.0 Å². The average Bonchev–Trinajstić information content (AvgIpc) is 3.38. The van der Waals surface area contributed by atoms with E-state index in [4.69, 9.17) is 21.1 Å². The summed E-state index contributed by atoms with van der Waals surface area (Å²) in [7, 11) is 3.54. The third kappa shape index (κ3) is 5.09. The van der Waals surface area contributed by atoms with Gasteiger partial charge >= 0.3 is 12.1 Å². The van der Waals surface area contributed by atoms with Crippen LogP contribution >= 0.6 is 22.9 Å². The molecule has 9 nitrogen and oxygen atoms in total. The minimum Gasteiger partial charge on any atom is -0.467 e. The number of nitrogens with one attached hydrogen (secondary N) is 1. The number of fused-ring (bicyclic) bond motifs is 4. The van der Waals surface area contributed by atoms with Crippen LogP contribution in [0.15, 0.2) is 18.2 Å². The number of rotatable bonds is 4. The number of aromatic nitrogens is 2. The van der Waals surface area contributed by atoms with Gasteiger partial charge in [0.05, 0.1) is 22.4 Å². The van der Waals surface area contributed by atoms with Gasteiger partial charge in [-0.05, 0) is 58.4 Å². The highest BCUT2D eigenvalue weighted by Gasteiger charge is 2.39. The number of hydrogen-bond acceptors (Lipinski definition) is 9. The Bertz CT molecular complexity index is 1820. The van der Waals surface area contributed by atoms with Crippen molar-refractivity contribution in [2.45, 2.75) is 51.3 Å². The zero-order valence-corrected chi connectivity index (χ0v) is 25.8. The van der Waals surface area contributed by atoms with Crippen molar-refractivity contribution in [3.05, 3.63) is 40.4 Å². The number of methoxy groups -OCH3 is 1. The summed E-state index contributed by atoms with van der Waals surface area (Å²) < 4.78 is 42.5. The van der Waals surface area contributed by atoms with Gasteiger partial charge in [0.1, 0.15) is 33.8 Å². The van der Waals surface area contributed by atoms with E-state index in [2.05, 4.69) is 32.1 Å². The standard InChI is InChI=1S/C30H29ClF2N6O3S/c1-30(2,3)42-29(40)37-27-18(11-34)21-16(8-9-20(32)25(21)43-27)22-19(31)10-17-24(23(22)33)35-28(41-5)36-26(17)39-12-14-6-7-15(13-39)38(14)4/h8-10,14-15H,6-7,12-13H2,1-5H3,(H,37,40). The quantitative estimate of drug-likeness (QED) is 0.259. The summed E-state index contributed by atoms with van der Waals surface area (Å²) in [5.74, 6) is -0.863. The first kappa shape index (κ1) is 29.3. The van der Waals surface area contributed by atoms with Crippen LogP contribution in [-0.4, -0.2) is 65.9 Å². The summed E-state index contributed by atoms with van der Waals surface area (Å²) in [6.45, 7) is 6.53. The predicted molar refractivity (Wildman–Crippen MR) is 163 cm³/mol. The first-order valence-electron chi connectivity index (χ1n) is 13.8. The van der Waals surface area contributed by atoms with Gasteiger partial charge in [-0.1, -0.05) is 17.7 Å². The number of nitrogens with zero attached hydrogens (tertiary/aromatic N) is 5. The highest BCUT2D eigenvalue weighted by atomic mass is 35.5. The molecule has 0 radical (unpaired) electrons. The predicted octanol–water partition coefficient (Wildman–Crippen LogP) is 6.95. The maximum Gasteiger partial charge on any atom is 0.412 e. The fraction of sp³-hybridized carbons (Fsp3) is 0.400. The lowest BCUT2D eigenvalue weighted by Crippen LogP contribution is -2.52. The largest absolute Gasteiger partial charge is 0.467 e. The Morgan fingerprint density at radius 3 is 2.53 bits per heavy atom. The molecule has 224 valence electrons. The van der Waals surface area contributed by atoms with Gasteiger partial charge in [0.25, 0.3) is 0 Å². The molecule has 2 aromatic heterocycles. The average molecular weight is 627 g/mol. The van der Waals surface area contributed by atoms with Gasteiger partial charge < -0.3 is 14.4 Å². The number of nitriles is 1. The second-order valence-electron chi connectivity index (χ2n) is 11.8. The molecule has 13 heteroatoms. The van der Waals surface area contributed by atoms with Crippen molar-refractivity contribution in [3.63, 3.8) is 0 Å². The minimum absolute atomic E-state index is 0.00212. The van der Waals surface area contributed by atoms with Crippen LogP contribution in [0.4, 0.5) is 24.4 Å². The van der Waals surface area contributed by atoms with Crippen molar-refractivity contribution in [2.75, 3.05) is 37.5 Å². The molecule has 2 aliphatic rings. The Hall–Kier alpha value is -3.79. The second kappa shape index (κ2) is 10.7. The number of likely N-dealkylation sites (N-methyl/N-ethyl adjacent to an activating group) is 1. The number of carbonyl (C=O) groups is 1. The molecule has 2 aliphatic heterocycles. The summed E-state index contributed by atoms with van der Waals surface area (Å²) in [5, 5.41) is 13.3. The van der Waals surface area contributed by atoms with E-state index in [1.54, 1.807) is 26.8 Å². The van der Waals surface area contributed by atoms with Crippen molar-refractivity contribution in [3.8, 4) is 23.2 Å². The number of anilines is 2. The Labute approximate surface area is 256 Å². The van der Waals surface area contributed by atoms with E-state index in [0.717, 1.165) is 37.3 Å². The van der Waals surface area contributed by atoms with Crippen molar-refractivity contribution < 1.29 is 23.0 Å². The van der Waals surface area contributed by atoms with E-state index in [1.165, 1.54) is 19.2 Å². The number of ether oxygens (including phenoxy) is 2. The SMILES string of the molecule is COc1nc(N2CC3CCC(C2)N3C)c2cc(Cl)c(-c3ccc(F)c4sc(NC(=O)OC(C)(C)C)c(C#N)c34)c(F)c2n1.